The van der Waals surface area contributed by atoms with Crippen LogP contribution in [-0.2, 0) is 11.2 Å². The lowest BCUT2D eigenvalue weighted by Gasteiger charge is -2.09. The second-order valence-electron chi connectivity index (χ2n) is 5.30. The third kappa shape index (κ3) is 5.25. The normalized spacial score (nSPS) is 10.3. The van der Waals surface area contributed by atoms with Crippen molar-refractivity contribution in [2.24, 2.45) is 0 Å². The maximum absolute atomic E-state index is 12.0. The molecule has 0 atom stereocenters. The second-order valence-corrected chi connectivity index (χ2v) is 6.15. The standard InChI is InChI=1S/C18H18Cl2N2O2/c1-2-3-12-4-7-14(8-5-12)22-17(23)11-21-18(24)15-9-6-13(19)10-16(15)20/h4-10H,2-3,11H2,1H3,(H,21,24)(H,22,23). The van der Waals surface area contributed by atoms with Gasteiger partial charge in [-0.3, -0.25) is 9.59 Å². The van der Waals surface area contributed by atoms with Crippen molar-refractivity contribution < 1.29 is 9.59 Å². The van der Waals surface area contributed by atoms with Gasteiger partial charge >= 0.3 is 0 Å². The molecule has 0 aliphatic rings. The van der Waals surface area contributed by atoms with Gasteiger partial charge in [-0.2, -0.15) is 0 Å². The highest BCUT2D eigenvalue weighted by Crippen LogP contribution is 2.20. The van der Waals surface area contributed by atoms with Crippen LogP contribution in [-0.4, -0.2) is 18.4 Å². The van der Waals surface area contributed by atoms with Crippen molar-refractivity contribution in [3.63, 3.8) is 0 Å². The number of aryl methyl sites for hydroxylation is 1. The predicted octanol–water partition coefficient (Wildman–Crippen LogP) is 4.31. The van der Waals surface area contributed by atoms with Crippen molar-refractivity contribution in [1.29, 1.82) is 0 Å². The molecule has 0 fully saturated rings. The first-order valence-corrected chi connectivity index (χ1v) is 8.37. The summed E-state index contributed by atoms with van der Waals surface area (Å²) in [4.78, 5) is 23.9. The van der Waals surface area contributed by atoms with Gasteiger partial charge in [-0.05, 0) is 42.3 Å². The Morgan fingerprint density at radius 1 is 1.04 bits per heavy atom. The van der Waals surface area contributed by atoms with Gasteiger partial charge in [-0.15, -0.1) is 0 Å². The van der Waals surface area contributed by atoms with Crippen LogP contribution in [0.2, 0.25) is 10.0 Å². The van der Waals surface area contributed by atoms with E-state index in [1.54, 1.807) is 6.07 Å². The molecule has 2 rings (SSSR count). The van der Waals surface area contributed by atoms with Gasteiger partial charge in [0.2, 0.25) is 5.91 Å². The Morgan fingerprint density at radius 2 is 1.75 bits per heavy atom. The van der Waals surface area contributed by atoms with E-state index in [4.69, 9.17) is 23.2 Å². The number of benzene rings is 2. The third-order valence-electron chi connectivity index (χ3n) is 3.36. The van der Waals surface area contributed by atoms with E-state index in [1.165, 1.54) is 17.7 Å². The Morgan fingerprint density at radius 3 is 2.38 bits per heavy atom. The fourth-order valence-electron chi connectivity index (χ4n) is 2.18. The molecule has 0 spiro atoms. The summed E-state index contributed by atoms with van der Waals surface area (Å²) in [6.45, 7) is 1.97. The molecule has 2 aromatic rings. The number of carbonyl (C=O) groups excluding carboxylic acids is 2. The van der Waals surface area contributed by atoms with E-state index in [0.29, 0.717) is 10.7 Å². The Bertz CT molecular complexity index is 730. The molecule has 2 aromatic carbocycles. The SMILES string of the molecule is CCCc1ccc(NC(=O)CNC(=O)c2ccc(Cl)cc2Cl)cc1. The minimum Gasteiger partial charge on any atom is -0.343 e. The Balaban J connectivity index is 1.87. The Labute approximate surface area is 151 Å². The number of nitrogens with one attached hydrogen (secondary N) is 2. The highest BCUT2D eigenvalue weighted by Gasteiger charge is 2.12. The number of amides is 2. The van der Waals surface area contributed by atoms with E-state index in [-0.39, 0.29) is 23.0 Å². The molecule has 2 amide bonds. The summed E-state index contributed by atoms with van der Waals surface area (Å²) in [5.74, 6) is -0.734. The van der Waals surface area contributed by atoms with Gasteiger partial charge in [0.05, 0.1) is 17.1 Å². The quantitative estimate of drug-likeness (QED) is 0.801. The van der Waals surface area contributed by atoms with E-state index in [2.05, 4.69) is 17.6 Å². The van der Waals surface area contributed by atoms with E-state index in [9.17, 15) is 9.59 Å². The van der Waals surface area contributed by atoms with Gasteiger partial charge < -0.3 is 10.6 Å². The van der Waals surface area contributed by atoms with Crippen molar-refractivity contribution >= 4 is 40.7 Å². The summed E-state index contributed by atoms with van der Waals surface area (Å²) >= 11 is 11.8. The molecular formula is C18H18Cl2N2O2. The predicted molar refractivity (Wildman–Crippen MR) is 97.9 cm³/mol. The van der Waals surface area contributed by atoms with Gasteiger partial charge in [0.1, 0.15) is 0 Å². The van der Waals surface area contributed by atoms with E-state index in [0.717, 1.165) is 12.8 Å². The molecule has 0 aliphatic carbocycles. The summed E-state index contributed by atoms with van der Waals surface area (Å²) in [6, 6.07) is 12.2. The van der Waals surface area contributed by atoms with Crippen molar-refractivity contribution in [3.8, 4) is 0 Å². The van der Waals surface area contributed by atoms with Crippen LogP contribution in [0.5, 0.6) is 0 Å². The molecule has 0 radical (unpaired) electrons. The zero-order valence-corrected chi connectivity index (χ0v) is 14.7. The van der Waals surface area contributed by atoms with E-state index < -0.39 is 5.91 Å². The molecular weight excluding hydrogens is 347 g/mol. The van der Waals surface area contributed by atoms with Gasteiger partial charge in [0.15, 0.2) is 0 Å². The van der Waals surface area contributed by atoms with Crippen LogP contribution < -0.4 is 10.6 Å². The second kappa shape index (κ2) is 8.71. The van der Waals surface area contributed by atoms with Crippen LogP contribution in [0.25, 0.3) is 0 Å². The summed E-state index contributed by atoms with van der Waals surface area (Å²) in [6.07, 6.45) is 2.08. The van der Waals surface area contributed by atoms with Crippen molar-refractivity contribution in [1.82, 2.24) is 5.32 Å². The fraction of sp³-hybridized carbons (Fsp3) is 0.222. The number of halogens is 2. The molecule has 24 heavy (non-hydrogen) atoms. The zero-order valence-electron chi connectivity index (χ0n) is 13.2. The van der Waals surface area contributed by atoms with Crippen molar-refractivity contribution in [3.05, 3.63) is 63.6 Å². The molecule has 0 saturated heterocycles. The van der Waals surface area contributed by atoms with Crippen LogP contribution in [0.1, 0.15) is 29.3 Å². The average Bonchev–Trinajstić information content (AvgIpc) is 2.55. The first-order valence-electron chi connectivity index (χ1n) is 7.61. The first kappa shape index (κ1) is 18.3. The molecule has 4 nitrogen and oxygen atoms in total. The van der Waals surface area contributed by atoms with E-state index in [1.807, 2.05) is 24.3 Å². The smallest absolute Gasteiger partial charge is 0.253 e. The molecule has 2 N–H and O–H groups in total. The summed E-state index contributed by atoms with van der Waals surface area (Å²) in [7, 11) is 0. The van der Waals surface area contributed by atoms with Crippen molar-refractivity contribution in [2.75, 3.05) is 11.9 Å². The molecule has 0 unspecified atom stereocenters. The van der Waals surface area contributed by atoms with Crippen LogP contribution in [0.4, 0.5) is 5.69 Å². The number of hydrogen-bond acceptors (Lipinski definition) is 2. The van der Waals surface area contributed by atoms with Crippen LogP contribution in [0.15, 0.2) is 42.5 Å². The lowest BCUT2D eigenvalue weighted by atomic mass is 10.1. The molecule has 0 aromatic heterocycles. The Kier molecular flexibility index (Phi) is 6.64. The van der Waals surface area contributed by atoms with Gasteiger partial charge in [-0.25, -0.2) is 0 Å². The molecule has 126 valence electrons. The van der Waals surface area contributed by atoms with E-state index >= 15 is 0 Å². The van der Waals surface area contributed by atoms with Crippen molar-refractivity contribution in [2.45, 2.75) is 19.8 Å². The van der Waals surface area contributed by atoms with Gasteiger partial charge in [0.25, 0.3) is 5.91 Å². The average molecular weight is 365 g/mol. The summed E-state index contributed by atoms with van der Waals surface area (Å²) in [5, 5.41) is 5.95. The van der Waals surface area contributed by atoms with Crippen LogP contribution >= 0.6 is 23.2 Å². The first-order chi connectivity index (χ1) is 11.5. The van der Waals surface area contributed by atoms with Gasteiger partial charge in [-0.1, -0.05) is 48.7 Å². The maximum atomic E-state index is 12.0. The van der Waals surface area contributed by atoms with Crippen LogP contribution in [0, 0.1) is 0 Å². The maximum Gasteiger partial charge on any atom is 0.253 e. The number of anilines is 1. The summed E-state index contributed by atoms with van der Waals surface area (Å²) < 4.78 is 0. The molecule has 0 aliphatic heterocycles. The monoisotopic (exact) mass is 364 g/mol. The highest BCUT2D eigenvalue weighted by molar-refractivity contribution is 6.36. The third-order valence-corrected chi connectivity index (χ3v) is 3.91. The minimum absolute atomic E-state index is 0.144. The molecule has 0 bridgehead atoms. The largest absolute Gasteiger partial charge is 0.343 e. The minimum atomic E-state index is -0.426. The Hall–Kier alpha value is -2.04. The summed E-state index contributed by atoms with van der Waals surface area (Å²) in [5.41, 5.74) is 2.19. The number of rotatable bonds is 6. The van der Waals surface area contributed by atoms with Gasteiger partial charge in [0, 0.05) is 10.7 Å². The number of hydrogen-bond donors (Lipinski definition) is 2. The lowest BCUT2D eigenvalue weighted by molar-refractivity contribution is -0.115. The highest BCUT2D eigenvalue weighted by atomic mass is 35.5. The molecule has 0 heterocycles. The number of carbonyl (C=O) groups is 2. The zero-order chi connectivity index (χ0) is 17.5. The lowest BCUT2D eigenvalue weighted by Crippen LogP contribution is -2.33. The molecule has 0 saturated carbocycles. The molecule has 6 heteroatoms. The van der Waals surface area contributed by atoms with Crippen LogP contribution in [0.3, 0.4) is 0 Å². The topological polar surface area (TPSA) is 58.2 Å². The fourth-order valence-corrected chi connectivity index (χ4v) is 2.67.